The van der Waals surface area contributed by atoms with E-state index in [9.17, 15) is 9.59 Å². The molecule has 0 aromatic heterocycles. The Kier molecular flexibility index (Phi) is 4.96. The molecule has 1 N–H and O–H groups in total. The van der Waals surface area contributed by atoms with E-state index in [0.29, 0.717) is 13.1 Å². The quantitative estimate of drug-likeness (QED) is 0.914. The van der Waals surface area contributed by atoms with Crippen molar-refractivity contribution in [3.05, 3.63) is 35.9 Å². The van der Waals surface area contributed by atoms with Crippen molar-refractivity contribution >= 4 is 11.9 Å². The number of piperazine rings is 1. The van der Waals surface area contributed by atoms with Gasteiger partial charge in [0.15, 0.2) is 0 Å². The number of carbonyl (C=O) groups excluding carboxylic acids is 1. The number of carboxylic acid groups (broad SMARTS) is 1. The van der Waals surface area contributed by atoms with Crippen molar-refractivity contribution in [3.63, 3.8) is 0 Å². The Bertz CT molecular complexity index is 504. The van der Waals surface area contributed by atoms with Crippen LogP contribution in [0.3, 0.4) is 0 Å². The Morgan fingerprint density at radius 1 is 1.24 bits per heavy atom. The van der Waals surface area contributed by atoms with Crippen LogP contribution in [0.1, 0.15) is 25.8 Å². The van der Waals surface area contributed by atoms with Gasteiger partial charge >= 0.3 is 5.97 Å². The normalized spacial score (nSPS) is 23.0. The molecular formula is C16H22N2O3. The van der Waals surface area contributed by atoms with E-state index in [1.807, 2.05) is 37.3 Å². The van der Waals surface area contributed by atoms with Crippen molar-refractivity contribution in [1.29, 1.82) is 0 Å². The smallest absolute Gasteiger partial charge is 0.305 e. The van der Waals surface area contributed by atoms with E-state index in [2.05, 4.69) is 4.90 Å². The van der Waals surface area contributed by atoms with Crippen LogP contribution in [0.25, 0.3) is 0 Å². The SMILES string of the molecule is CC(=O)N1CCN(Cc2ccccc2)[C@@H](CC(=O)O)[C@H]1C. The highest BCUT2D eigenvalue weighted by molar-refractivity contribution is 5.74. The highest BCUT2D eigenvalue weighted by atomic mass is 16.4. The standard InChI is InChI=1S/C16H22N2O3/c1-12-15(10-16(20)21)17(8-9-18(12)13(2)19)11-14-6-4-3-5-7-14/h3-7,12,15H,8-11H2,1-2H3,(H,20,21)/t12-,15+/m1/s1. The highest BCUT2D eigenvalue weighted by Crippen LogP contribution is 2.22. The van der Waals surface area contributed by atoms with Gasteiger partial charge in [0.25, 0.3) is 0 Å². The molecule has 21 heavy (non-hydrogen) atoms. The third-order valence-corrected chi connectivity index (χ3v) is 4.16. The van der Waals surface area contributed by atoms with Crippen molar-refractivity contribution < 1.29 is 14.7 Å². The Balaban J connectivity index is 2.15. The third kappa shape index (κ3) is 3.82. The molecule has 1 saturated heterocycles. The van der Waals surface area contributed by atoms with Crippen molar-refractivity contribution in [2.75, 3.05) is 13.1 Å². The van der Waals surface area contributed by atoms with Crippen LogP contribution in [0.15, 0.2) is 30.3 Å². The predicted octanol–water partition coefficient (Wildman–Crippen LogP) is 1.58. The summed E-state index contributed by atoms with van der Waals surface area (Å²) in [6, 6.07) is 9.78. The number of hydrogen-bond acceptors (Lipinski definition) is 3. The van der Waals surface area contributed by atoms with Gasteiger partial charge < -0.3 is 10.0 Å². The number of aliphatic carboxylic acids is 1. The van der Waals surface area contributed by atoms with Crippen LogP contribution in [0, 0.1) is 0 Å². The molecule has 114 valence electrons. The molecule has 0 radical (unpaired) electrons. The fourth-order valence-corrected chi connectivity index (χ4v) is 3.06. The van der Waals surface area contributed by atoms with Gasteiger partial charge in [-0.2, -0.15) is 0 Å². The van der Waals surface area contributed by atoms with Crippen molar-refractivity contribution in [1.82, 2.24) is 9.80 Å². The molecule has 0 bridgehead atoms. The average molecular weight is 290 g/mol. The molecule has 5 nitrogen and oxygen atoms in total. The molecule has 1 aliphatic heterocycles. The zero-order valence-corrected chi connectivity index (χ0v) is 12.5. The second kappa shape index (κ2) is 6.72. The summed E-state index contributed by atoms with van der Waals surface area (Å²) in [5, 5.41) is 9.16. The maximum atomic E-state index is 11.7. The number of amides is 1. The topological polar surface area (TPSA) is 60.9 Å². The Morgan fingerprint density at radius 3 is 2.48 bits per heavy atom. The molecule has 1 fully saturated rings. The van der Waals surface area contributed by atoms with Gasteiger partial charge in [0.2, 0.25) is 5.91 Å². The minimum atomic E-state index is -0.824. The van der Waals surface area contributed by atoms with Crippen LogP contribution < -0.4 is 0 Å². The minimum Gasteiger partial charge on any atom is -0.481 e. The van der Waals surface area contributed by atoms with E-state index >= 15 is 0 Å². The lowest BCUT2D eigenvalue weighted by atomic mass is 9.98. The average Bonchev–Trinajstić information content (AvgIpc) is 2.43. The van der Waals surface area contributed by atoms with Gasteiger partial charge in [0.1, 0.15) is 0 Å². The summed E-state index contributed by atoms with van der Waals surface area (Å²) in [6.07, 6.45) is 0.0534. The largest absolute Gasteiger partial charge is 0.481 e. The summed E-state index contributed by atoms with van der Waals surface area (Å²) in [4.78, 5) is 26.8. The first-order valence-corrected chi connectivity index (χ1v) is 7.26. The maximum Gasteiger partial charge on any atom is 0.305 e. The first-order chi connectivity index (χ1) is 9.99. The van der Waals surface area contributed by atoms with Crippen LogP contribution in [0.5, 0.6) is 0 Å². The molecule has 2 rings (SSSR count). The first-order valence-electron chi connectivity index (χ1n) is 7.26. The molecule has 2 atom stereocenters. The van der Waals surface area contributed by atoms with Crippen LogP contribution in [0.2, 0.25) is 0 Å². The number of benzene rings is 1. The summed E-state index contributed by atoms with van der Waals surface area (Å²) in [6.45, 7) is 5.55. The lowest BCUT2D eigenvalue weighted by molar-refractivity contribution is -0.144. The fourth-order valence-electron chi connectivity index (χ4n) is 3.06. The van der Waals surface area contributed by atoms with Crippen molar-refractivity contribution in [2.24, 2.45) is 0 Å². The lowest BCUT2D eigenvalue weighted by Gasteiger charge is -2.45. The van der Waals surface area contributed by atoms with Gasteiger partial charge in [0.05, 0.1) is 6.42 Å². The molecule has 5 heteroatoms. The van der Waals surface area contributed by atoms with E-state index in [0.717, 1.165) is 12.1 Å². The summed E-state index contributed by atoms with van der Waals surface area (Å²) < 4.78 is 0. The van der Waals surface area contributed by atoms with Crippen molar-refractivity contribution in [3.8, 4) is 0 Å². The Labute approximate surface area is 125 Å². The second-order valence-corrected chi connectivity index (χ2v) is 5.57. The molecule has 0 spiro atoms. The van der Waals surface area contributed by atoms with Gasteiger partial charge in [-0.05, 0) is 12.5 Å². The van der Waals surface area contributed by atoms with Crippen molar-refractivity contribution in [2.45, 2.75) is 38.9 Å². The predicted molar refractivity (Wildman–Crippen MR) is 79.7 cm³/mol. The summed E-state index contributed by atoms with van der Waals surface area (Å²) >= 11 is 0. The molecule has 1 heterocycles. The van der Waals surface area contributed by atoms with E-state index < -0.39 is 5.97 Å². The van der Waals surface area contributed by atoms with Gasteiger partial charge in [-0.3, -0.25) is 14.5 Å². The van der Waals surface area contributed by atoms with Crippen LogP contribution in [-0.2, 0) is 16.1 Å². The van der Waals surface area contributed by atoms with Crippen LogP contribution in [-0.4, -0.2) is 52.0 Å². The number of nitrogens with zero attached hydrogens (tertiary/aromatic N) is 2. The van der Waals surface area contributed by atoms with Gasteiger partial charge in [0, 0.05) is 38.6 Å². The number of hydrogen-bond donors (Lipinski definition) is 1. The van der Waals surface area contributed by atoms with E-state index in [1.54, 1.807) is 11.8 Å². The summed E-state index contributed by atoms with van der Waals surface area (Å²) in [5.74, 6) is -0.812. The van der Waals surface area contributed by atoms with Crippen LogP contribution >= 0.6 is 0 Å². The first kappa shape index (κ1) is 15.5. The molecule has 1 aromatic carbocycles. The highest BCUT2D eigenvalue weighted by Gasteiger charge is 2.36. The second-order valence-electron chi connectivity index (χ2n) is 5.57. The number of rotatable bonds is 4. The Morgan fingerprint density at radius 2 is 1.90 bits per heavy atom. The zero-order chi connectivity index (χ0) is 15.4. The van der Waals surface area contributed by atoms with Gasteiger partial charge in [-0.1, -0.05) is 30.3 Å². The van der Waals surface area contributed by atoms with E-state index in [1.165, 1.54) is 0 Å². The van der Waals surface area contributed by atoms with Gasteiger partial charge in [-0.15, -0.1) is 0 Å². The maximum absolute atomic E-state index is 11.7. The summed E-state index contributed by atoms with van der Waals surface area (Å²) in [5.41, 5.74) is 1.16. The molecular weight excluding hydrogens is 268 g/mol. The molecule has 0 saturated carbocycles. The fraction of sp³-hybridized carbons (Fsp3) is 0.500. The Hall–Kier alpha value is -1.88. The van der Waals surface area contributed by atoms with E-state index in [4.69, 9.17) is 5.11 Å². The third-order valence-electron chi connectivity index (χ3n) is 4.16. The van der Waals surface area contributed by atoms with Crippen LogP contribution in [0.4, 0.5) is 0 Å². The summed E-state index contributed by atoms with van der Waals surface area (Å²) in [7, 11) is 0. The zero-order valence-electron chi connectivity index (χ0n) is 12.5. The number of carbonyl (C=O) groups is 2. The van der Waals surface area contributed by atoms with E-state index in [-0.39, 0.29) is 24.4 Å². The number of carboxylic acids is 1. The molecule has 1 amide bonds. The molecule has 0 unspecified atom stereocenters. The van der Waals surface area contributed by atoms with Gasteiger partial charge in [-0.25, -0.2) is 0 Å². The lowest BCUT2D eigenvalue weighted by Crippen LogP contribution is -2.59. The monoisotopic (exact) mass is 290 g/mol. The molecule has 0 aliphatic carbocycles. The molecule has 1 aromatic rings. The minimum absolute atomic E-state index is 0.0113. The molecule has 1 aliphatic rings.